The van der Waals surface area contributed by atoms with Gasteiger partial charge in [-0.15, -0.1) is 0 Å². The molecule has 3 fully saturated rings. The number of esters is 1. The molecule has 1 saturated carbocycles. The molecule has 10 heteroatoms. The molecule has 0 bridgehead atoms. The molecule has 2 saturated heterocycles. The number of nitrogens with zero attached hydrogens (tertiary/aromatic N) is 1. The fraction of sp³-hybridized carbons (Fsp3) is 0.562. The fourth-order valence-corrected chi connectivity index (χ4v) is 6.67. The molecule has 1 N–H and O–H groups in total. The summed E-state index contributed by atoms with van der Waals surface area (Å²) >= 11 is 0. The third-order valence-corrected chi connectivity index (χ3v) is 9.02. The smallest absolute Gasteiger partial charge is 0.416 e. The van der Waals surface area contributed by atoms with E-state index in [4.69, 9.17) is 9.47 Å². The number of hydrogen-bond acceptors (Lipinski definition) is 5. The minimum Gasteiger partial charge on any atom is -0.462 e. The molecule has 42 heavy (non-hydrogen) atoms. The maximum absolute atomic E-state index is 13.8. The Labute approximate surface area is 243 Å². The molecular weight excluding hydrogens is 552 g/mol. The van der Waals surface area contributed by atoms with Crippen LogP contribution in [0.2, 0.25) is 0 Å². The lowest BCUT2D eigenvalue weighted by Gasteiger charge is -2.46. The third kappa shape index (κ3) is 6.64. The number of hydrogen-bond donors (Lipinski definition) is 1. The van der Waals surface area contributed by atoms with Crippen LogP contribution in [-0.4, -0.2) is 54.7 Å². The average molecular weight is 591 g/mol. The molecular formula is C32H38F4N2O4. The molecule has 2 aliphatic heterocycles. The van der Waals surface area contributed by atoms with E-state index in [9.17, 15) is 27.2 Å². The third-order valence-electron chi connectivity index (χ3n) is 9.02. The van der Waals surface area contributed by atoms with Crippen LogP contribution >= 0.6 is 0 Å². The van der Waals surface area contributed by atoms with Gasteiger partial charge in [0.1, 0.15) is 11.4 Å². The predicted molar refractivity (Wildman–Crippen MR) is 148 cm³/mol. The Balaban J connectivity index is 1.18. The highest BCUT2D eigenvalue weighted by molar-refractivity contribution is 5.89. The van der Waals surface area contributed by atoms with Gasteiger partial charge >= 0.3 is 12.1 Å². The lowest BCUT2D eigenvalue weighted by atomic mass is 9.79. The van der Waals surface area contributed by atoms with E-state index in [0.717, 1.165) is 56.5 Å². The summed E-state index contributed by atoms with van der Waals surface area (Å²) in [6, 6.07) is 10.2. The van der Waals surface area contributed by atoms with E-state index in [1.807, 2.05) is 12.1 Å². The fourth-order valence-electron chi connectivity index (χ4n) is 6.67. The number of ether oxygens (including phenoxy) is 2. The number of amides is 1. The summed E-state index contributed by atoms with van der Waals surface area (Å²) in [5, 5.41) is 2.74. The van der Waals surface area contributed by atoms with E-state index in [-0.39, 0.29) is 35.9 Å². The predicted octanol–water partition coefficient (Wildman–Crippen LogP) is 6.09. The van der Waals surface area contributed by atoms with Gasteiger partial charge in [-0.1, -0.05) is 19.1 Å². The van der Waals surface area contributed by atoms with Gasteiger partial charge in [-0.2, -0.15) is 13.2 Å². The maximum atomic E-state index is 13.8. The van der Waals surface area contributed by atoms with E-state index in [1.54, 1.807) is 13.0 Å². The highest BCUT2D eigenvalue weighted by atomic mass is 19.4. The number of carbonyl (C=O) groups is 2. The lowest BCUT2D eigenvalue weighted by Crippen LogP contribution is -2.57. The summed E-state index contributed by atoms with van der Waals surface area (Å²) in [6.45, 7) is 6.28. The highest BCUT2D eigenvalue weighted by Crippen LogP contribution is 2.47. The Morgan fingerprint density at radius 1 is 1.12 bits per heavy atom. The van der Waals surface area contributed by atoms with Crippen molar-refractivity contribution in [3.8, 4) is 0 Å². The Hall–Kier alpha value is -2.98. The van der Waals surface area contributed by atoms with E-state index >= 15 is 0 Å². The van der Waals surface area contributed by atoms with E-state index in [2.05, 4.69) is 23.2 Å². The molecule has 2 aromatic rings. The number of likely N-dealkylation sites (tertiary alicyclic amines) is 1. The number of benzene rings is 2. The SMILES string of the molecule is CCOC(=O)c1cccc([C@H]2CCN([C@@H]3CC[C@@](C(=O)NCc4cc(F)cc(C(F)(F)F)c4)(C4CC4)OC3)C[C@@H]2C)c1. The summed E-state index contributed by atoms with van der Waals surface area (Å²) in [5.74, 6) is -0.899. The van der Waals surface area contributed by atoms with Gasteiger partial charge < -0.3 is 14.8 Å². The molecule has 6 nitrogen and oxygen atoms in total. The maximum Gasteiger partial charge on any atom is 0.416 e. The largest absolute Gasteiger partial charge is 0.462 e. The topological polar surface area (TPSA) is 67.9 Å². The van der Waals surface area contributed by atoms with Gasteiger partial charge in [-0.05, 0) is 105 Å². The Kier molecular flexibility index (Phi) is 8.94. The molecule has 2 heterocycles. The number of rotatable bonds is 8. The van der Waals surface area contributed by atoms with Crippen LogP contribution in [0.4, 0.5) is 17.6 Å². The Morgan fingerprint density at radius 2 is 1.90 bits per heavy atom. The molecule has 0 unspecified atom stereocenters. The first-order valence-electron chi connectivity index (χ1n) is 14.8. The minimum atomic E-state index is -4.67. The zero-order valence-corrected chi connectivity index (χ0v) is 24.0. The molecule has 5 rings (SSSR count). The molecule has 0 radical (unpaired) electrons. The first-order valence-corrected chi connectivity index (χ1v) is 14.8. The lowest BCUT2D eigenvalue weighted by molar-refractivity contribution is -0.166. The van der Waals surface area contributed by atoms with Gasteiger partial charge in [0, 0.05) is 19.1 Å². The molecule has 4 atom stereocenters. The molecule has 0 spiro atoms. The summed E-state index contributed by atoms with van der Waals surface area (Å²) < 4.78 is 64.7. The van der Waals surface area contributed by atoms with Gasteiger partial charge in [0.25, 0.3) is 5.91 Å². The quantitative estimate of drug-likeness (QED) is 0.298. The van der Waals surface area contributed by atoms with Crippen LogP contribution < -0.4 is 5.32 Å². The highest BCUT2D eigenvalue weighted by Gasteiger charge is 2.54. The molecule has 2 aromatic carbocycles. The average Bonchev–Trinajstić information content (AvgIpc) is 3.82. The van der Waals surface area contributed by atoms with Crippen molar-refractivity contribution >= 4 is 11.9 Å². The van der Waals surface area contributed by atoms with Crippen LogP contribution in [0, 0.1) is 17.7 Å². The van der Waals surface area contributed by atoms with Crippen molar-refractivity contribution in [3.05, 3.63) is 70.5 Å². The van der Waals surface area contributed by atoms with E-state index < -0.39 is 23.2 Å². The van der Waals surface area contributed by atoms with Crippen molar-refractivity contribution in [2.75, 3.05) is 26.3 Å². The molecule has 0 aromatic heterocycles. The van der Waals surface area contributed by atoms with Crippen molar-refractivity contribution in [1.29, 1.82) is 0 Å². The van der Waals surface area contributed by atoms with Gasteiger partial charge in [-0.3, -0.25) is 9.69 Å². The first-order chi connectivity index (χ1) is 20.0. The van der Waals surface area contributed by atoms with Crippen LogP contribution in [0.1, 0.15) is 78.9 Å². The van der Waals surface area contributed by atoms with Gasteiger partial charge in [0.15, 0.2) is 0 Å². The van der Waals surface area contributed by atoms with Crippen LogP contribution in [-0.2, 0) is 27.0 Å². The second-order valence-electron chi connectivity index (χ2n) is 11.9. The molecule has 3 aliphatic rings. The Bertz CT molecular complexity index is 1290. The minimum absolute atomic E-state index is 0.0555. The van der Waals surface area contributed by atoms with E-state index in [0.29, 0.717) is 43.1 Å². The van der Waals surface area contributed by atoms with Gasteiger partial charge in [0.05, 0.1) is 24.3 Å². The summed E-state index contributed by atoms with van der Waals surface area (Å²) in [5.41, 5.74) is -0.325. The number of carbonyl (C=O) groups excluding carboxylic acids is 2. The van der Waals surface area contributed by atoms with Gasteiger partial charge in [-0.25, -0.2) is 9.18 Å². The van der Waals surface area contributed by atoms with Crippen molar-refractivity contribution in [2.24, 2.45) is 11.8 Å². The van der Waals surface area contributed by atoms with Gasteiger partial charge in [0.2, 0.25) is 0 Å². The molecule has 228 valence electrons. The number of nitrogens with one attached hydrogen (secondary N) is 1. The second-order valence-corrected chi connectivity index (χ2v) is 11.9. The van der Waals surface area contributed by atoms with Crippen molar-refractivity contribution in [1.82, 2.24) is 10.2 Å². The normalized spacial score (nSPS) is 27.0. The summed E-state index contributed by atoms with van der Waals surface area (Å²) in [6.07, 6.45) is -0.700. The number of alkyl halides is 3. The zero-order valence-electron chi connectivity index (χ0n) is 24.0. The Morgan fingerprint density at radius 3 is 2.55 bits per heavy atom. The van der Waals surface area contributed by atoms with Crippen molar-refractivity contribution < 1.29 is 36.6 Å². The monoisotopic (exact) mass is 590 g/mol. The van der Waals surface area contributed by atoms with Crippen molar-refractivity contribution in [3.63, 3.8) is 0 Å². The van der Waals surface area contributed by atoms with Crippen LogP contribution in [0.3, 0.4) is 0 Å². The zero-order chi connectivity index (χ0) is 30.1. The van der Waals surface area contributed by atoms with Crippen molar-refractivity contribution in [2.45, 2.75) is 76.2 Å². The van der Waals surface area contributed by atoms with Crippen LogP contribution in [0.15, 0.2) is 42.5 Å². The van der Waals surface area contributed by atoms with E-state index in [1.165, 1.54) is 0 Å². The number of halogens is 4. The summed E-state index contributed by atoms with van der Waals surface area (Å²) in [7, 11) is 0. The number of piperidine rings is 1. The summed E-state index contributed by atoms with van der Waals surface area (Å²) in [4.78, 5) is 28.0. The van der Waals surface area contributed by atoms with Crippen LogP contribution in [0.25, 0.3) is 0 Å². The molecule has 1 amide bonds. The first kappa shape index (κ1) is 30.5. The molecule has 1 aliphatic carbocycles. The van der Waals surface area contributed by atoms with Crippen LogP contribution in [0.5, 0.6) is 0 Å². The second kappa shape index (κ2) is 12.3. The standard InChI is InChI=1S/C32H38F4N2O4/c1-3-41-29(39)23-6-4-5-22(15-23)28-10-12-38(18-20(28)2)27-9-11-31(42-19-27,24-7-8-24)30(40)37-17-21-13-25(32(34,35)36)16-26(33)14-21/h4-6,13-16,20,24,27-28H,3,7-12,17-19H2,1-2H3,(H,37,40)/t20-,27+,28-,31-/m0/s1.